The van der Waals surface area contributed by atoms with Crippen molar-refractivity contribution >= 4 is 32.7 Å². The van der Waals surface area contributed by atoms with Gasteiger partial charge in [-0.25, -0.2) is 13.1 Å². The van der Waals surface area contributed by atoms with E-state index in [1.165, 1.54) is 11.3 Å². The topological polar surface area (TPSA) is 115 Å². The third kappa shape index (κ3) is 3.38. The van der Waals surface area contributed by atoms with Crippen LogP contribution in [-0.4, -0.2) is 13.3 Å². The van der Waals surface area contributed by atoms with Crippen LogP contribution in [0.15, 0.2) is 39.9 Å². The van der Waals surface area contributed by atoms with E-state index in [1.807, 2.05) is 16.8 Å². The summed E-state index contributed by atoms with van der Waals surface area (Å²) in [5, 5.41) is 14.4. The van der Waals surface area contributed by atoms with Gasteiger partial charge < -0.3 is 5.73 Å². The van der Waals surface area contributed by atoms with E-state index in [1.54, 1.807) is 6.92 Å². The molecular weight excluding hydrogens is 314 g/mol. The van der Waals surface area contributed by atoms with Crippen LogP contribution in [-0.2, 0) is 10.0 Å². The molecule has 1 aromatic carbocycles. The number of hydrogen-bond donors (Lipinski definition) is 2. The first-order chi connectivity index (χ1) is 9.81. The molecule has 0 radical (unpaired) electrons. The number of rotatable bonds is 5. The number of nitrogens with two attached hydrogens (primary N) is 1. The van der Waals surface area contributed by atoms with Crippen LogP contribution < -0.4 is 10.5 Å². The first kappa shape index (κ1) is 15.4. The van der Waals surface area contributed by atoms with Gasteiger partial charge in [-0.15, -0.1) is 0 Å². The van der Waals surface area contributed by atoms with E-state index >= 15 is 0 Å². The van der Waals surface area contributed by atoms with Crippen molar-refractivity contribution in [3.8, 4) is 0 Å². The van der Waals surface area contributed by atoms with Crippen LogP contribution in [0.4, 0.5) is 11.4 Å². The SMILES string of the molecule is CC(NS(=O)(=O)c1ccc([N+](=O)[O-])c(N)c1)c1ccsc1. The fourth-order valence-corrected chi connectivity index (χ4v) is 3.78. The summed E-state index contributed by atoms with van der Waals surface area (Å²) in [5.41, 5.74) is 5.85. The van der Waals surface area contributed by atoms with E-state index in [-0.39, 0.29) is 16.3 Å². The van der Waals surface area contributed by atoms with Crippen molar-refractivity contribution in [3.63, 3.8) is 0 Å². The minimum absolute atomic E-state index is 0.104. The first-order valence-electron chi connectivity index (χ1n) is 5.89. The molecule has 9 heteroatoms. The number of benzene rings is 1. The Morgan fingerprint density at radius 3 is 2.62 bits per heavy atom. The van der Waals surface area contributed by atoms with Crippen molar-refractivity contribution in [3.05, 3.63) is 50.7 Å². The van der Waals surface area contributed by atoms with Gasteiger partial charge in [-0.2, -0.15) is 11.3 Å². The predicted molar refractivity (Wildman–Crippen MR) is 80.6 cm³/mol. The fraction of sp³-hybridized carbons (Fsp3) is 0.167. The van der Waals surface area contributed by atoms with Crippen LogP contribution in [0.25, 0.3) is 0 Å². The lowest BCUT2D eigenvalue weighted by Crippen LogP contribution is -2.26. The average Bonchev–Trinajstić information content (AvgIpc) is 2.91. The molecule has 2 aromatic rings. The Morgan fingerprint density at radius 2 is 2.10 bits per heavy atom. The second-order valence-electron chi connectivity index (χ2n) is 4.38. The highest BCUT2D eigenvalue weighted by molar-refractivity contribution is 7.89. The molecule has 3 N–H and O–H groups in total. The van der Waals surface area contributed by atoms with E-state index in [2.05, 4.69) is 4.72 Å². The van der Waals surface area contributed by atoms with Crippen molar-refractivity contribution in [2.75, 3.05) is 5.73 Å². The van der Waals surface area contributed by atoms with Crippen LogP contribution in [0.5, 0.6) is 0 Å². The van der Waals surface area contributed by atoms with Gasteiger partial charge in [0.15, 0.2) is 0 Å². The molecule has 0 saturated heterocycles. The van der Waals surface area contributed by atoms with E-state index in [9.17, 15) is 18.5 Å². The smallest absolute Gasteiger partial charge is 0.292 e. The van der Waals surface area contributed by atoms with Gasteiger partial charge in [-0.05, 0) is 41.4 Å². The quantitative estimate of drug-likeness (QED) is 0.496. The van der Waals surface area contributed by atoms with E-state index in [0.29, 0.717) is 0 Å². The number of nitro benzene ring substituents is 1. The van der Waals surface area contributed by atoms with Gasteiger partial charge in [0.05, 0.1) is 9.82 Å². The fourth-order valence-electron chi connectivity index (χ4n) is 1.76. The highest BCUT2D eigenvalue weighted by atomic mass is 32.2. The molecule has 0 bridgehead atoms. The van der Waals surface area contributed by atoms with Crippen LogP contribution >= 0.6 is 11.3 Å². The molecule has 0 saturated carbocycles. The van der Waals surface area contributed by atoms with Crippen molar-refractivity contribution in [2.45, 2.75) is 17.9 Å². The zero-order valence-corrected chi connectivity index (χ0v) is 12.6. The summed E-state index contributed by atoms with van der Waals surface area (Å²) in [6, 6.07) is 4.75. The lowest BCUT2D eigenvalue weighted by Gasteiger charge is -2.13. The first-order valence-corrected chi connectivity index (χ1v) is 8.32. The molecule has 1 atom stereocenters. The van der Waals surface area contributed by atoms with Gasteiger partial charge in [0.2, 0.25) is 10.0 Å². The lowest BCUT2D eigenvalue weighted by atomic mass is 10.2. The maximum absolute atomic E-state index is 12.2. The summed E-state index contributed by atoms with van der Waals surface area (Å²) in [6.45, 7) is 1.72. The number of sulfonamides is 1. The van der Waals surface area contributed by atoms with E-state index < -0.39 is 21.0 Å². The van der Waals surface area contributed by atoms with E-state index in [4.69, 9.17) is 5.73 Å². The van der Waals surface area contributed by atoms with Crippen molar-refractivity contribution < 1.29 is 13.3 Å². The molecule has 0 aliphatic rings. The van der Waals surface area contributed by atoms with Gasteiger partial charge >= 0.3 is 0 Å². The molecule has 7 nitrogen and oxygen atoms in total. The summed E-state index contributed by atoms with van der Waals surface area (Å²) in [7, 11) is -3.80. The Morgan fingerprint density at radius 1 is 1.38 bits per heavy atom. The number of nitrogens with one attached hydrogen (secondary N) is 1. The maximum atomic E-state index is 12.2. The molecular formula is C12H13N3O4S2. The Bertz CT molecular complexity index is 757. The molecule has 1 heterocycles. The Kier molecular flexibility index (Phi) is 4.26. The highest BCUT2D eigenvalue weighted by Gasteiger charge is 2.21. The molecule has 112 valence electrons. The third-order valence-corrected chi connectivity index (χ3v) is 5.12. The van der Waals surface area contributed by atoms with Gasteiger partial charge in [0.1, 0.15) is 5.69 Å². The highest BCUT2D eigenvalue weighted by Crippen LogP contribution is 2.25. The van der Waals surface area contributed by atoms with Crippen molar-refractivity contribution in [1.29, 1.82) is 0 Å². The number of nitro groups is 1. The molecule has 1 aromatic heterocycles. The average molecular weight is 327 g/mol. The molecule has 0 aliphatic carbocycles. The zero-order valence-electron chi connectivity index (χ0n) is 11.0. The summed E-state index contributed by atoms with van der Waals surface area (Å²) in [6.07, 6.45) is 0. The minimum atomic E-state index is -3.80. The van der Waals surface area contributed by atoms with Gasteiger partial charge in [-0.3, -0.25) is 10.1 Å². The molecule has 1 unspecified atom stereocenters. The Labute approximate surface area is 125 Å². The summed E-state index contributed by atoms with van der Waals surface area (Å²) in [4.78, 5) is 9.91. The second-order valence-corrected chi connectivity index (χ2v) is 6.87. The second kappa shape index (κ2) is 5.80. The number of anilines is 1. The Hall–Kier alpha value is -1.97. The van der Waals surface area contributed by atoms with Gasteiger partial charge in [-0.1, -0.05) is 0 Å². The van der Waals surface area contributed by atoms with Crippen LogP contribution in [0.1, 0.15) is 18.5 Å². The molecule has 0 fully saturated rings. The Balaban J connectivity index is 2.28. The van der Waals surface area contributed by atoms with Crippen molar-refractivity contribution in [2.24, 2.45) is 0 Å². The van der Waals surface area contributed by atoms with Crippen molar-refractivity contribution in [1.82, 2.24) is 4.72 Å². The molecule has 0 spiro atoms. The summed E-state index contributed by atoms with van der Waals surface area (Å²) < 4.78 is 27.0. The predicted octanol–water partition coefficient (Wildman–Crippen LogP) is 2.28. The molecule has 21 heavy (non-hydrogen) atoms. The van der Waals surface area contributed by atoms with Gasteiger partial charge in [0.25, 0.3) is 5.69 Å². The van der Waals surface area contributed by atoms with Crippen LogP contribution in [0, 0.1) is 10.1 Å². The zero-order chi connectivity index (χ0) is 15.6. The van der Waals surface area contributed by atoms with Crippen LogP contribution in [0.3, 0.4) is 0 Å². The molecule has 0 aliphatic heterocycles. The number of nitrogens with zero attached hydrogens (tertiary/aromatic N) is 1. The normalized spacial score (nSPS) is 13.0. The lowest BCUT2D eigenvalue weighted by molar-refractivity contribution is -0.383. The maximum Gasteiger partial charge on any atom is 0.292 e. The monoisotopic (exact) mass is 327 g/mol. The van der Waals surface area contributed by atoms with E-state index in [0.717, 1.165) is 23.8 Å². The number of nitrogen functional groups attached to an aromatic ring is 1. The summed E-state index contributed by atoms with van der Waals surface area (Å²) >= 11 is 1.47. The largest absolute Gasteiger partial charge is 0.393 e. The minimum Gasteiger partial charge on any atom is -0.393 e. The molecule has 2 rings (SSSR count). The standard InChI is InChI=1S/C12H13N3O4S2/c1-8(9-4-5-20-7-9)14-21(18,19)10-2-3-12(15(16)17)11(13)6-10/h2-8,14H,13H2,1H3. The third-order valence-electron chi connectivity index (χ3n) is 2.88. The number of thiophene rings is 1. The molecule has 0 amide bonds. The van der Waals surface area contributed by atoms with Gasteiger partial charge in [0, 0.05) is 12.1 Å². The summed E-state index contributed by atoms with van der Waals surface area (Å²) in [5.74, 6) is 0. The number of hydrogen-bond acceptors (Lipinski definition) is 6. The van der Waals surface area contributed by atoms with Crippen LogP contribution in [0.2, 0.25) is 0 Å².